The highest BCUT2D eigenvalue weighted by Crippen LogP contribution is 2.27. The van der Waals surface area contributed by atoms with Gasteiger partial charge in [-0.05, 0) is 25.5 Å². The third kappa shape index (κ3) is 6.17. The Morgan fingerprint density at radius 3 is 2.69 bits per heavy atom. The predicted molar refractivity (Wildman–Crippen MR) is 102 cm³/mol. The summed E-state index contributed by atoms with van der Waals surface area (Å²) in [5, 5.41) is 0.631. The molecule has 1 aliphatic rings. The van der Waals surface area contributed by atoms with Crippen molar-refractivity contribution in [3.8, 4) is 0 Å². The van der Waals surface area contributed by atoms with Crippen molar-refractivity contribution in [3.63, 3.8) is 0 Å². The summed E-state index contributed by atoms with van der Waals surface area (Å²) >= 11 is 7.49. The Hall–Kier alpha value is -1.25. The average Bonchev–Trinajstić information content (AvgIpc) is 2.95. The zero-order valence-corrected chi connectivity index (χ0v) is 16.9. The third-order valence-corrected chi connectivity index (χ3v) is 7.33. The maximum Gasteiger partial charge on any atom is 0.307 e. The minimum absolute atomic E-state index is 0.0188. The number of esters is 1. The fourth-order valence-corrected chi connectivity index (χ4v) is 5.66. The number of hydrogen-bond acceptors (Lipinski definition) is 6. The first-order valence-electron chi connectivity index (χ1n) is 8.35. The van der Waals surface area contributed by atoms with E-state index >= 15 is 0 Å². The molecule has 1 aromatic rings. The standard InChI is InChI=1S/C17H22ClNO5S2/c1-2-19(13-8-10-26(22,23)12-13)16(20)11-24-17(21)7-9-25-15-6-4-3-5-14(15)18/h3-6,13H,2,7-12H2,1H3. The summed E-state index contributed by atoms with van der Waals surface area (Å²) in [4.78, 5) is 26.4. The van der Waals surface area contributed by atoms with Crippen LogP contribution in [-0.2, 0) is 24.2 Å². The lowest BCUT2D eigenvalue weighted by Gasteiger charge is -2.26. The Bertz CT molecular complexity index is 753. The van der Waals surface area contributed by atoms with E-state index in [4.69, 9.17) is 16.3 Å². The molecule has 0 bridgehead atoms. The number of hydrogen-bond donors (Lipinski definition) is 0. The minimum Gasteiger partial charge on any atom is -0.456 e. The largest absolute Gasteiger partial charge is 0.456 e. The van der Waals surface area contributed by atoms with Gasteiger partial charge in [-0.3, -0.25) is 9.59 Å². The van der Waals surface area contributed by atoms with Crippen molar-refractivity contribution < 1.29 is 22.7 Å². The zero-order chi connectivity index (χ0) is 19.2. The smallest absolute Gasteiger partial charge is 0.307 e. The fraction of sp³-hybridized carbons (Fsp3) is 0.529. The third-order valence-electron chi connectivity index (χ3n) is 4.07. The molecule has 1 aromatic carbocycles. The van der Waals surface area contributed by atoms with Gasteiger partial charge < -0.3 is 9.64 Å². The predicted octanol–water partition coefficient (Wildman–Crippen LogP) is 2.40. The van der Waals surface area contributed by atoms with E-state index in [2.05, 4.69) is 0 Å². The molecule has 1 atom stereocenters. The number of amides is 1. The first-order chi connectivity index (χ1) is 12.3. The molecule has 1 amide bonds. The summed E-state index contributed by atoms with van der Waals surface area (Å²) < 4.78 is 28.2. The first kappa shape index (κ1) is 21.1. The van der Waals surface area contributed by atoms with Crippen LogP contribution < -0.4 is 0 Å². The molecule has 9 heteroatoms. The van der Waals surface area contributed by atoms with Gasteiger partial charge in [-0.25, -0.2) is 8.42 Å². The van der Waals surface area contributed by atoms with Crippen LogP contribution in [0.25, 0.3) is 0 Å². The highest BCUT2D eigenvalue weighted by atomic mass is 35.5. The van der Waals surface area contributed by atoms with Crippen LogP contribution in [0.4, 0.5) is 0 Å². The average molecular weight is 420 g/mol. The second kappa shape index (κ2) is 9.62. The summed E-state index contributed by atoms with van der Waals surface area (Å²) in [5.41, 5.74) is 0. The van der Waals surface area contributed by atoms with Gasteiger partial charge in [-0.2, -0.15) is 0 Å². The lowest BCUT2D eigenvalue weighted by molar-refractivity contribution is -0.152. The molecule has 144 valence electrons. The molecule has 0 aliphatic carbocycles. The van der Waals surface area contributed by atoms with Gasteiger partial charge in [0.2, 0.25) is 0 Å². The molecule has 0 saturated carbocycles. The van der Waals surface area contributed by atoms with Crippen molar-refractivity contribution >= 4 is 45.1 Å². The normalized spacial score (nSPS) is 18.5. The molecule has 2 rings (SSSR count). The Morgan fingerprint density at radius 2 is 2.08 bits per heavy atom. The van der Waals surface area contributed by atoms with Crippen molar-refractivity contribution in [2.45, 2.75) is 30.7 Å². The van der Waals surface area contributed by atoms with Crippen molar-refractivity contribution in [2.24, 2.45) is 0 Å². The molecule has 0 N–H and O–H groups in total. The number of benzene rings is 1. The zero-order valence-electron chi connectivity index (χ0n) is 14.5. The van der Waals surface area contributed by atoms with Crippen LogP contribution in [-0.4, -0.2) is 61.6 Å². The van der Waals surface area contributed by atoms with E-state index in [1.54, 1.807) is 13.0 Å². The first-order valence-corrected chi connectivity index (χ1v) is 11.5. The van der Waals surface area contributed by atoms with Crippen molar-refractivity contribution in [3.05, 3.63) is 29.3 Å². The van der Waals surface area contributed by atoms with Gasteiger partial charge in [-0.1, -0.05) is 23.7 Å². The fourth-order valence-electron chi connectivity index (χ4n) is 2.76. The molecule has 0 radical (unpaired) electrons. The van der Waals surface area contributed by atoms with Gasteiger partial charge in [0.15, 0.2) is 16.4 Å². The van der Waals surface area contributed by atoms with Gasteiger partial charge in [0.25, 0.3) is 5.91 Å². The summed E-state index contributed by atoms with van der Waals surface area (Å²) in [5.74, 6) is -0.250. The van der Waals surface area contributed by atoms with Gasteiger partial charge in [-0.15, -0.1) is 11.8 Å². The van der Waals surface area contributed by atoms with Crippen LogP contribution >= 0.6 is 23.4 Å². The molecule has 0 aromatic heterocycles. The van der Waals surface area contributed by atoms with Gasteiger partial charge in [0.05, 0.1) is 22.9 Å². The molecule has 1 saturated heterocycles. The van der Waals surface area contributed by atoms with Crippen LogP contribution in [0.5, 0.6) is 0 Å². The topological polar surface area (TPSA) is 80.8 Å². The molecular formula is C17H22ClNO5S2. The SMILES string of the molecule is CCN(C(=O)COC(=O)CCSc1ccccc1Cl)C1CCS(=O)(=O)C1. The molecule has 1 unspecified atom stereocenters. The summed E-state index contributed by atoms with van der Waals surface area (Å²) in [6.45, 7) is 1.81. The van der Waals surface area contributed by atoms with Crippen LogP contribution in [0, 0.1) is 0 Å². The number of halogens is 1. The van der Waals surface area contributed by atoms with Crippen molar-refractivity contribution in [1.29, 1.82) is 0 Å². The van der Waals surface area contributed by atoms with Crippen LogP contribution in [0.1, 0.15) is 19.8 Å². The number of sulfone groups is 1. The maximum absolute atomic E-state index is 12.2. The van der Waals surface area contributed by atoms with Gasteiger partial charge >= 0.3 is 5.97 Å². The van der Waals surface area contributed by atoms with E-state index in [0.717, 1.165) is 4.90 Å². The Morgan fingerprint density at radius 1 is 1.35 bits per heavy atom. The van der Waals surface area contributed by atoms with E-state index in [0.29, 0.717) is 23.7 Å². The molecule has 1 aliphatic heterocycles. The minimum atomic E-state index is -3.07. The lowest BCUT2D eigenvalue weighted by Crippen LogP contribution is -2.43. The molecule has 26 heavy (non-hydrogen) atoms. The number of carbonyl (C=O) groups excluding carboxylic acids is 2. The Kier molecular flexibility index (Phi) is 7.79. The summed E-state index contributed by atoms with van der Waals surface area (Å²) in [6.07, 6.45) is 0.595. The van der Waals surface area contributed by atoms with Crippen LogP contribution in [0.2, 0.25) is 5.02 Å². The maximum atomic E-state index is 12.2. The number of nitrogens with zero attached hydrogens (tertiary/aromatic N) is 1. The molecule has 6 nitrogen and oxygen atoms in total. The van der Waals surface area contributed by atoms with E-state index < -0.39 is 15.8 Å². The van der Waals surface area contributed by atoms with E-state index in [-0.39, 0.29) is 36.5 Å². The second-order valence-corrected chi connectivity index (χ2v) is 9.70. The van der Waals surface area contributed by atoms with E-state index in [9.17, 15) is 18.0 Å². The number of thioether (sulfide) groups is 1. The summed E-state index contributed by atoms with van der Waals surface area (Å²) in [6, 6.07) is 7.03. The van der Waals surface area contributed by atoms with Crippen LogP contribution in [0.15, 0.2) is 29.2 Å². The molecule has 1 heterocycles. The Labute approximate surface area is 163 Å². The van der Waals surface area contributed by atoms with E-state index in [1.165, 1.54) is 16.7 Å². The monoisotopic (exact) mass is 419 g/mol. The Balaban J connectivity index is 1.74. The number of ether oxygens (including phenoxy) is 1. The number of carbonyl (C=O) groups is 2. The van der Waals surface area contributed by atoms with Crippen molar-refractivity contribution in [2.75, 3.05) is 30.4 Å². The highest BCUT2D eigenvalue weighted by Gasteiger charge is 2.34. The molecule has 0 spiro atoms. The highest BCUT2D eigenvalue weighted by molar-refractivity contribution is 7.99. The summed E-state index contributed by atoms with van der Waals surface area (Å²) in [7, 11) is -3.07. The number of likely N-dealkylation sites (N-methyl/N-ethyl adjacent to an activating group) is 1. The quantitative estimate of drug-likeness (QED) is 0.475. The molecular weight excluding hydrogens is 398 g/mol. The van der Waals surface area contributed by atoms with Gasteiger partial charge in [0, 0.05) is 23.2 Å². The van der Waals surface area contributed by atoms with Crippen molar-refractivity contribution in [1.82, 2.24) is 4.90 Å². The van der Waals surface area contributed by atoms with E-state index in [1.807, 2.05) is 18.2 Å². The number of rotatable bonds is 8. The van der Waals surface area contributed by atoms with Gasteiger partial charge in [0.1, 0.15) is 0 Å². The lowest BCUT2D eigenvalue weighted by atomic mass is 10.2. The van der Waals surface area contributed by atoms with Crippen LogP contribution in [0.3, 0.4) is 0 Å². The molecule has 1 fully saturated rings. The second-order valence-electron chi connectivity index (χ2n) is 5.93.